The standard InChI is InChI=1S/C20H20O3/c1-14-6-8-16(9-7-14)20(22)23-13-19(21)18-11-10-15-4-2-3-5-17(15)12-18/h6-12H,2-5,13H2,1H3. The average molecular weight is 308 g/mol. The minimum Gasteiger partial charge on any atom is -0.454 e. The summed E-state index contributed by atoms with van der Waals surface area (Å²) in [5, 5.41) is 0. The summed E-state index contributed by atoms with van der Waals surface area (Å²) in [6.07, 6.45) is 4.51. The second kappa shape index (κ2) is 6.78. The summed E-state index contributed by atoms with van der Waals surface area (Å²) >= 11 is 0. The molecule has 2 aromatic rings. The van der Waals surface area contributed by atoms with Gasteiger partial charge in [0.2, 0.25) is 0 Å². The van der Waals surface area contributed by atoms with Gasteiger partial charge in [0.25, 0.3) is 0 Å². The van der Waals surface area contributed by atoms with E-state index in [4.69, 9.17) is 4.74 Å². The maximum absolute atomic E-state index is 12.2. The van der Waals surface area contributed by atoms with Crippen LogP contribution in [0.3, 0.4) is 0 Å². The molecule has 0 bridgehead atoms. The number of esters is 1. The molecule has 0 spiro atoms. The summed E-state index contributed by atoms with van der Waals surface area (Å²) in [5.74, 6) is -0.616. The van der Waals surface area contributed by atoms with Gasteiger partial charge < -0.3 is 4.74 Å². The van der Waals surface area contributed by atoms with Gasteiger partial charge in [-0.25, -0.2) is 4.79 Å². The van der Waals surface area contributed by atoms with Crippen molar-refractivity contribution >= 4 is 11.8 Å². The SMILES string of the molecule is Cc1ccc(C(=O)OCC(=O)c2ccc3c(c2)CCCC3)cc1. The van der Waals surface area contributed by atoms with Crippen molar-refractivity contribution in [2.75, 3.05) is 6.61 Å². The van der Waals surface area contributed by atoms with Crippen molar-refractivity contribution in [1.82, 2.24) is 0 Å². The molecule has 0 atom stereocenters. The molecule has 0 saturated carbocycles. The van der Waals surface area contributed by atoms with E-state index in [1.165, 1.54) is 24.0 Å². The van der Waals surface area contributed by atoms with E-state index in [2.05, 4.69) is 0 Å². The third-order valence-electron chi connectivity index (χ3n) is 4.29. The molecule has 0 aromatic heterocycles. The maximum Gasteiger partial charge on any atom is 0.338 e. The van der Waals surface area contributed by atoms with Crippen LogP contribution in [0.15, 0.2) is 42.5 Å². The fraction of sp³-hybridized carbons (Fsp3) is 0.300. The molecule has 1 aliphatic rings. The van der Waals surface area contributed by atoms with Crippen LogP contribution < -0.4 is 0 Å². The minimum atomic E-state index is -0.462. The van der Waals surface area contributed by atoms with Crippen LogP contribution in [0.1, 0.15) is 50.2 Å². The molecule has 0 fully saturated rings. The first-order valence-electron chi connectivity index (χ1n) is 8.02. The van der Waals surface area contributed by atoms with Crippen LogP contribution in [0, 0.1) is 6.92 Å². The van der Waals surface area contributed by atoms with Crippen molar-refractivity contribution < 1.29 is 14.3 Å². The summed E-state index contributed by atoms with van der Waals surface area (Å²) in [6, 6.07) is 12.9. The zero-order chi connectivity index (χ0) is 16.2. The van der Waals surface area contributed by atoms with Gasteiger partial charge in [-0.3, -0.25) is 4.79 Å². The molecule has 2 aromatic carbocycles. The second-order valence-corrected chi connectivity index (χ2v) is 6.06. The Morgan fingerprint density at radius 3 is 2.30 bits per heavy atom. The molecule has 0 unspecified atom stereocenters. The molecule has 0 aliphatic heterocycles. The normalized spacial score (nSPS) is 13.3. The van der Waals surface area contributed by atoms with Crippen LogP contribution in [-0.2, 0) is 17.6 Å². The number of rotatable bonds is 4. The predicted octanol–water partition coefficient (Wildman–Crippen LogP) is 3.91. The summed E-state index contributed by atoms with van der Waals surface area (Å²) in [5.41, 5.74) is 4.76. The third-order valence-corrected chi connectivity index (χ3v) is 4.29. The van der Waals surface area contributed by atoms with E-state index in [-0.39, 0.29) is 12.4 Å². The highest BCUT2D eigenvalue weighted by atomic mass is 16.5. The minimum absolute atomic E-state index is 0.154. The molecule has 3 rings (SSSR count). The highest BCUT2D eigenvalue weighted by Crippen LogP contribution is 2.22. The Bertz CT molecular complexity index is 729. The number of ether oxygens (including phenoxy) is 1. The van der Waals surface area contributed by atoms with Gasteiger partial charge >= 0.3 is 5.97 Å². The highest BCUT2D eigenvalue weighted by molar-refractivity contribution is 5.99. The summed E-state index contributed by atoms with van der Waals surface area (Å²) < 4.78 is 5.14. The van der Waals surface area contributed by atoms with Gasteiger partial charge in [0.15, 0.2) is 12.4 Å². The van der Waals surface area contributed by atoms with Gasteiger partial charge in [-0.15, -0.1) is 0 Å². The van der Waals surface area contributed by atoms with Gasteiger partial charge in [-0.1, -0.05) is 29.8 Å². The van der Waals surface area contributed by atoms with E-state index in [1.807, 2.05) is 37.3 Å². The summed E-state index contributed by atoms with van der Waals surface area (Å²) in [7, 11) is 0. The first-order chi connectivity index (χ1) is 11.1. The van der Waals surface area contributed by atoms with E-state index >= 15 is 0 Å². The van der Waals surface area contributed by atoms with Gasteiger partial charge in [0.1, 0.15) is 0 Å². The first kappa shape index (κ1) is 15.5. The zero-order valence-corrected chi connectivity index (χ0v) is 13.3. The molecule has 0 amide bonds. The van der Waals surface area contributed by atoms with Crippen LogP contribution in [0.5, 0.6) is 0 Å². The second-order valence-electron chi connectivity index (χ2n) is 6.06. The number of ketones is 1. The van der Waals surface area contributed by atoms with Crippen molar-refractivity contribution in [2.45, 2.75) is 32.6 Å². The van der Waals surface area contributed by atoms with Gasteiger partial charge in [0.05, 0.1) is 5.56 Å². The van der Waals surface area contributed by atoms with Gasteiger partial charge in [-0.2, -0.15) is 0 Å². The largest absolute Gasteiger partial charge is 0.454 e. The highest BCUT2D eigenvalue weighted by Gasteiger charge is 2.15. The van der Waals surface area contributed by atoms with Crippen molar-refractivity contribution in [3.05, 3.63) is 70.3 Å². The molecule has 1 aliphatic carbocycles. The Kier molecular flexibility index (Phi) is 4.56. The van der Waals surface area contributed by atoms with E-state index in [9.17, 15) is 9.59 Å². The molecule has 0 radical (unpaired) electrons. The number of Topliss-reactive ketones (excluding diaryl/α,β-unsaturated/α-hetero) is 1. The smallest absolute Gasteiger partial charge is 0.338 e. The molecular formula is C20H20O3. The Hall–Kier alpha value is -2.42. The number of carbonyl (C=O) groups excluding carboxylic acids is 2. The third kappa shape index (κ3) is 3.67. The average Bonchev–Trinajstić information content (AvgIpc) is 2.59. The molecule has 0 saturated heterocycles. The maximum atomic E-state index is 12.2. The summed E-state index contributed by atoms with van der Waals surface area (Å²) in [4.78, 5) is 24.2. The van der Waals surface area contributed by atoms with E-state index < -0.39 is 5.97 Å². The van der Waals surface area contributed by atoms with E-state index in [1.54, 1.807) is 12.1 Å². The Balaban J connectivity index is 1.63. The summed E-state index contributed by atoms with van der Waals surface area (Å²) in [6.45, 7) is 1.74. The Labute approximate surface area is 136 Å². The van der Waals surface area contributed by atoms with Gasteiger partial charge in [-0.05, 0) is 61.9 Å². The van der Waals surface area contributed by atoms with Crippen molar-refractivity contribution in [3.63, 3.8) is 0 Å². The number of benzene rings is 2. The van der Waals surface area contributed by atoms with Crippen LogP contribution in [0.25, 0.3) is 0 Å². The van der Waals surface area contributed by atoms with Crippen molar-refractivity contribution in [2.24, 2.45) is 0 Å². The fourth-order valence-electron chi connectivity index (χ4n) is 2.89. The first-order valence-corrected chi connectivity index (χ1v) is 8.02. The molecule has 0 heterocycles. The number of fused-ring (bicyclic) bond motifs is 1. The lowest BCUT2D eigenvalue weighted by Crippen LogP contribution is -2.15. The number of aryl methyl sites for hydroxylation is 3. The quantitative estimate of drug-likeness (QED) is 0.635. The lowest BCUT2D eigenvalue weighted by atomic mass is 9.90. The number of hydrogen-bond donors (Lipinski definition) is 0. The number of hydrogen-bond acceptors (Lipinski definition) is 3. The van der Waals surface area contributed by atoms with Crippen LogP contribution >= 0.6 is 0 Å². The van der Waals surface area contributed by atoms with Crippen molar-refractivity contribution in [3.8, 4) is 0 Å². The Morgan fingerprint density at radius 2 is 1.57 bits per heavy atom. The lowest BCUT2D eigenvalue weighted by molar-refractivity contribution is 0.0474. The van der Waals surface area contributed by atoms with Crippen molar-refractivity contribution in [1.29, 1.82) is 0 Å². The molecule has 3 nitrogen and oxygen atoms in total. The molecule has 3 heteroatoms. The van der Waals surface area contributed by atoms with E-state index in [0.717, 1.165) is 18.4 Å². The number of carbonyl (C=O) groups is 2. The molecule has 0 N–H and O–H groups in total. The van der Waals surface area contributed by atoms with Crippen LogP contribution in [-0.4, -0.2) is 18.4 Å². The monoisotopic (exact) mass is 308 g/mol. The van der Waals surface area contributed by atoms with Gasteiger partial charge in [0, 0.05) is 5.56 Å². The van der Waals surface area contributed by atoms with Crippen LogP contribution in [0.4, 0.5) is 0 Å². The predicted molar refractivity (Wildman–Crippen MR) is 88.9 cm³/mol. The fourth-order valence-corrected chi connectivity index (χ4v) is 2.89. The molecule has 118 valence electrons. The Morgan fingerprint density at radius 1 is 0.913 bits per heavy atom. The molecule has 23 heavy (non-hydrogen) atoms. The molecular weight excluding hydrogens is 288 g/mol. The topological polar surface area (TPSA) is 43.4 Å². The van der Waals surface area contributed by atoms with E-state index in [0.29, 0.717) is 11.1 Å². The van der Waals surface area contributed by atoms with Crippen LogP contribution in [0.2, 0.25) is 0 Å². The lowest BCUT2D eigenvalue weighted by Gasteiger charge is -2.16. The zero-order valence-electron chi connectivity index (χ0n) is 13.3.